The lowest BCUT2D eigenvalue weighted by molar-refractivity contribution is -0.115. The molecule has 0 fully saturated rings. The van der Waals surface area contributed by atoms with Crippen molar-refractivity contribution >= 4 is 39.8 Å². The second-order valence-electron chi connectivity index (χ2n) is 6.85. The normalized spacial score (nSPS) is 10.8. The fraction of sp³-hybridized carbons (Fsp3) is 0.182. The summed E-state index contributed by atoms with van der Waals surface area (Å²) in [7, 11) is 0. The molecule has 2 aromatic heterocycles. The summed E-state index contributed by atoms with van der Waals surface area (Å²) < 4.78 is 2.06. The summed E-state index contributed by atoms with van der Waals surface area (Å²) in [5.74, 6) is 0.616. The van der Waals surface area contributed by atoms with E-state index in [-0.39, 0.29) is 11.7 Å². The zero-order valence-corrected chi connectivity index (χ0v) is 18.4. The van der Waals surface area contributed by atoms with Crippen molar-refractivity contribution in [3.63, 3.8) is 0 Å². The van der Waals surface area contributed by atoms with Crippen molar-refractivity contribution in [1.29, 1.82) is 0 Å². The predicted octanol–water partition coefficient (Wildman–Crippen LogP) is 3.89. The van der Waals surface area contributed by atoms with Crippen LogP contribution in [-0.4, -0.2) is 31.4 Å². The number of nitrogens with one attached hydrogen (secondary N) is 1. The van der Waals surface area contributed by atoms with Crippen molar-refractivity contribution in [2.45, 2.75) is 24.5 Å². The van der Waals surface area contributed by atoms with Crippen LogP contribution in [0, 0.1) is 0 Å². The van der Waals surface area contributed by atoms with Gasteiger partial charge in [-0.2, -0.15) is 0 Å². The number of nitrogens with two attached hydrogens (primary N) is 1. The summed E-state index contributed by atoms with van der Waals surface area (Å²) in [5, 5.41) is 15.6. The van der Waals surface area contributed by atoms with Crippen LogP contribution in [0.15, 0.2) is 71.2 Å². The molecule has 0 aliphatic rings. The largest absolute Gasteiger partial charge is 0.369 e. The van der Waals surface area contributed by atoms with Gasteiger partial charge in [-0.3, -0.25) is 4.79 Å². The number of hydrogen-bond acceptors (Lipinski definition) is 7. The van der Waals surface area contributed by atoms with Crippen molar-refractivity contribution in [3.05, 3.63) is 83.1 Å². The van der Waals surface area contributed by atoms with E-state index in [1.165, 1.54) is 17.3 Å². The van der Waals surface area contributed by atoms with E-state index in [1.54, 1.807) is 11.3 Å². The molecule has 158 valence electrons. The SMILES string of the molecule is NC(=O)CSc1nnc(Cc2csc(Nc3ccccc3)n2)n1CCc1ccccc1. The molecule has 0 bridgehead atoms. The van der Waals surface area contributed by atoms with Crippen LogP contribution in [-0.2, 0) is 24.2 Å². The summed E-state index contributed by atoms with van der Waals surface area (Å²) in [6.07, 6.45) is 1.40. The van der Waals surface area contributed by atoms with Crippen molar-refractivity contribution in [1.82, 2.24) is 19.7 Å². The average Bonchev–Trinajstić information content (AvgIpc) is 3.39. The van der Waals surface area contributed by atoms with Crippen LogP contribution in [0.25, 0.3) is 0 Å². The van der Waals surface area contributed by atoms with Crippen molar-refractivity contribution in [2.24, 2.45) is 5.73 Å². The fourth-order valence-corrected chi connectivity index (χ4v) is 4.51. The number of primary amides is 1. The van der Waals surface area contributed by atoms with Crippen molar-refractivity contribution < 1.29 is 4.79 Å². The highest BCUT2D eigenvalue weighted by Gasteiger charge is 2.15. The second-order valence-corrected chi connectivity index (χ2v) is 8.65. The van der Waals surface area contributed by atoms with Gasteiger partial charge >= 0.3 is 0 Å². The molecule has 0 unspecified atom stereocenters. The molecule has 0 saturated carbocycles. The molecule has 0 aliphatic carbocycles. The molecule has 0 spiro atoms. The van der Waals surface area contributed by atoms with Crippen LogP contribution in [0.2, 0.25) is 0 Å². The number of amides is 1. The van der Waals surface area contributed by atoms with Gasteiger partial charge in [-0.1, -0.05) is 60.3 Å². The first-order valence-corrected chi connectivity index (χ1v) is 11.7. The first-order chi connectivity index (χ1) is 15.2. The maximum atomic E-state index is 11.2. The highest BCUT2D eigenvalue weighted by atomic mass is 32.2. The number of rotatable bonds is 10. The Kier molecular flexibility index (Phi) is 6.96. The molecule has 2 heterocycles. The molecule has 3 N–H and O–H groups in total. The van der Waals surface area contributed by atoms with Gasteiger partial charge in [0.25, 0.3) is 0 Å². The Labute approximate surface area is 188 Å². The van der Waals surface area contributed by atoms with Crippen molar-refractivity contribution in [2.75, 3.05) is 11.1 Å². The van der Waals surface area contributed by atoms with E-state index in [1.807, 2.05) is 53.9 Å². The molecule has 31 heavy (non-hydrogen) atoms. The number of carbonyl (C=O) groups is 1. The number of thiazole rings is 1. The van der Waals surface area contributed by atoms with Gasteiger partial charge in [0.1, 0.15) is 5.82 Å². The zero-order valence-electron chi connectivity index (χ0n) is 16.8. The number of hydrogen-bond donors (Lipinski definition) is 2. The predicted molar refractivity (Wildman–Crippen MR) is 125 cm³/mol. The van der Waals surface area contributed by atoms with Gasteiger partial charge in [-0.05, 0) is 24.1 Å². The molecule has 4 rings (SSSR count). The number of carbonyl (C=O) groups excluding carboxylic acids is 1. The number of aromatic nitrogens is 4. The number of nitrogens with zero attached hydrogens (tertiary/aromatic N) is 4. The number of thioether (sulfide) groups is 1. The van der Waals surface area contributed by atoms with E-state index in [9.17, 15) is 4.79 Å². The Balaban J connectivity index is 1.49. The highest BCUT2D eigenvalue weighted by molar-refractivity contribution is 7.99. The van der Waals surface area contributed by atoms with E-state index < -0.39 is 0 Å². The summed E-state index contributed by atoms with van der Waals surface area (Å²) in [5.41, 5.74) is 8.47. The quantitative estimate of drug-likeness (QED) is 0.356. The molecule has 4 aromatic rings. The lowest BCUT2D eigenvalue weighted by atomic mass is 10.1. The molecule has 2 aromatic carbocycles. The fourth-order valence-electron chi connectivity index (χ4n) is 3.05. The van der Waals surface area contributed by atoms with Gasteiger partial charge in [0.15, 0.2) is 10.3 Å². The van der Waals surface area contributed by atoms with E-state index >= 15 is 0 Å². The van der Waals surface area contributed by atoms with Gasteiger partial charge < -0.3 is 15.6 Å². The monoisotopic (exact) mass is 450 g/mol. The summed E-state index contributed by atoms with van der Waals surface area (Å²) in [6.45, 7) is 0.715. The lowest BCUT2D eigenvalue weighted by Crippen LogP contribution is -2.14. The van der Waals surface area contributed by atoms with Gasteiger partial charge in [0.2, 0.25) is 5.91 Å². The minimum atomic E-state index is -0.375. The van der Waals surface area contributed by atoms with Crippen LogP contribution >= 0.6 is 23.1 Å². The Bertz CT molecular complexity index is 1130. The maximum absolute atomic E-state index is 11.2. The maximum Gasteiger partial charge on any atom is 0.227 e. The summed E-state index contributed by atoms with van der Waals surface area (Å²) in [4.78, 5) is 15.9. The zero-order chi connectivity index (χ0) is 21.5. The number of anilines is 2. The van der Waals surface area contributed by atoms with Crippen LogP contribution in [0.3, 0.4) is 0 Å². The Morgan fingerprint density at radius 2 is 1.81 bits per heavy atom. The Morgan fingerprint density at radius 1 is 1.06 bits per heavy atom. The third kappa shape index (κ3) is 5.93. The van der Waals surface area contributed by atoms with Crippen LogP contribution in [0.1, 0.15) is 17.1 Å². The van der Waals surface area contributed by atoms with E-state index in [4.69, 9.17) is 5.73 Å². The molecule has 9 heteroatoms. The van der Waals surface area contributed by atoms with Gasteiger partial charge in [0, 0.05) is 17.6 Å². The van der Waals surface area contributed by atoms with E-state index in [0.29, 0.717) is 18.1 Å². The molecule has 0 aliphatic heterocycles. The smallest absolute Gasteiger partial charge is 0.227 e. The second kappa shape index (κ2) is 10.2. The van der Waals surface area contributed by atoms with Crippen LogP contribution in [0.4, 0.5) is 10.8 Å². The molecule has 0 atom stereocenters. The average molecular weight is 451 g/mol. The molecule has 0 radical (unpaired) electrons. The minimum Gasteiger partial charge on any atom is -0.369 e. The van der Waals surface area contributed by atoms with Crippen LogP contribution in [0.5, 0.6) is 0 Å². The van der Waals surface area contributed by atoms with Gasteiger partial charge in [0.05, 0.1) is 17.9 Å². The summed E-state index contributed by atoms with van der Waals surface area (Å²) in [6, 6.07) is 20.2. The lowest BCUT2D eigenvalue weighted by Gasteiger charge is -2.09. The number of benzene rings is 2. The highest BCUT2D eigenvalue weighted by Crippen LogP contribution is 2.24. The van der Waals surface area contributed by atoms with E-state index in [2.05, 4.69) is 37.2 Å². The molecular weight excluding hydrogens is 428 g/mol. The van der Waals surface area contributed by atoms with E-state index in [0.717, 1.165) is 28.8 Å². The molecule has 1 amide bonds. The standard InChI is InChI=1S/C22H22N6OS2/c23-19(29)15-31-22-27-26-20(28(22)12-11-16-7-3-1-4-8-16)13-18-14-30-21(25-18)24-17-9-5-2-6-10-17/h1-10,14H,11-13,15H2,(H2,23,29)(H,24,25). The topological polar surface area (TPSA) is 98.7 Å². The molecule has 7 nitrogen and oxygen atoms in total. The molecular formula is C22H22N6OS2. The number of aryl methyl sites for hydroxylation is 1. The van der Waals surface area contributed by atoms with Gasteiger partial charge in [-0.15, -0.1) is 21.5 Å². The first kappa shape index (κ1) is 21.1. The number of para-hydroxylation sites is 1. The third-order valence-electron chi connectivity index (χ3n) is 4.52. The Hall–Kier alpha value is -3.17. The molecule has 0 saturated heterocycles. The summed E-state index contributed by atoms with van der Waals surface area (Å²) >= 11 is 2.87. The van der Waals surface area contributed by atoms with Gasteiger partial charge in [-0.25, -0.2) is 4.98 Å². The minimum absolute atomic E-state index is 0.172. The Morgan fingerprint density at radius 3 is 2.55 bits per heavy atom. The van der Waals surface area contributed by atoms with Crippen molar-refractivity contribution in [3.8, 4) is 0 Å². The third-order valence-corrected chi connectivity index (χ3v) is 6.32. The first-order valence-electron chi connectivity index (χ1n) is 9.81. The van der Waals surface area contributed by atoms with Crippen LogP contribution < -0.4 is 11.1 Å².